The first-order chi connectivity index (χ1) is 11.6. The zero-order chi connectivity index (χ0) is 17.4. The molecule has 0 aliphatic carbocycles. The molecule has 0 spiro atoms. The topological polar surface area (TPSA) is 71.1 Å². The number of benzene rings is 2. The molecule has 0 aromatic heterocycles. The van der Waals surface area contributed by atoms with Gasteiger partial charge in [-0.2, -0.15) is 0 Å². The molecule has 0 atom stereocenters. The maximum absolute atomic E-state index is 11.3. The van der Waals surface area contributed by atoms with Crippen molar-refractivity contribution in [3.05, 3.63) is 48.5 Å². The molecule has 126 valence electrons. The van der Waals surface area contributed by atoms with E-state index in [-0.39, 0.29) is 13.2 Å². The van der Waals surface area contributed by atoms with Gasteiger partial charge in [0.1, 0.15) is 24.7 Å². The first kappa shape index (κ1) is 17.7. The summed E-state index contributed by atoms with van der Waals surface area (Å²) < 4.78 is 19.6. The van der Waals surface area contributed by atoms with Crippen LogP contribution in [0, 0.1) is 0 Å². The Morgan fingerprint density at radius 2 is 1.00 bits per heavy atom. The number of hydrogen-bond donors (Lipinski definition) is 0. The quantitative estimate of drug-likeness (QED) is 0.574. The van der Waals surface area contributed by atoms with Gasteiger partial charge in [-0.25, -0.2) is 9.59 Å². The van der Waals surface area contributed by atoms with Gasteiger partial charge in [-0.3, -0.25) is 0 Å². The number of esters is 2. The van der Waals surface area contributed by atoms with E-state index in [0.29, 0.717) is 11.5 Å². The molecule has 0 amide bonds. The van der Waals surface area contributed by atoms with Crippen molar-refractivity contribution < 1.29 is 28.5 Å². The van der Waals surface area contributed by atoms with E-state index in [9.17, 15) is 9.59 Å². The predicted octanol–water partition coefficient (Wildman–Crippen LogP) is 2.46. The van der Waals surface area contributed by atoms with Crippen molar-refractivity contribution in [1.82, 2.24) is 0 Å². The fourth-order valence-corrected chi connectivity index (χ4v) is 1.99. The third-order valence-electron chi connectivity index (χ3n) is 3.03. The Kier molecular flexibility index (Phi) is 6.48. The second kappa shape index (κ2) is 8.81. The van der Waals surface area contributed by atoms with Crippen LogP contribution in [0.2, 0.25) is 0 Å². The molecule has 2 aromatic carbocycles. The summed E-state index contributed by atoms with van der Waals surface area (Å²) in [6, 6.07) is 14.2. The predicted molar refractivity (Wildman–Crippen MR) is 86.9 cm³/mol. The van der Waals surface area contributed by atoms with Crippen LogP contribution in [0.15, 0.2) is 48.5 Å². The molecule has 6 heteroatoms. The molecule has 6 nitrogen and oxygen atoms in total. The van der Waals surface area contributed by atoms with Crippen LogP contribution in [0.3, 0.4) is 0 Å². The van der Waals surface area contributed by atoms with Gasteiger partial charge in [0.25, 0.3) is 0 Å². The van der Waals surface area contributed by atoms with Crippen LogP contribution in [-0.4, -0.2) is 39.4 Å². The summed E-state index contributed by atoms with van der Waals surface area (Å²) in [5, 5.41) is 0. The Bertz CT molecular complexity index is 614. The van der Waals surface area contributed by atoms with Gasteiger partial charge in [0.15, 0.2) is 0 Å². The maximum Gasteiger partial charge on any atom is 0.337 e. The lowest BCUT2D eigenvalue weighted by Gasteiger charge is -2.07. The monoisotopic (exact) mass is 330 g/mol. The van der Waals surface area contributed by atoms with E-state index in [2.05, 4.69) is 0 Å². The lowest BCUT2D eigenvalue weighted by molar-refractivity contribution is -0.139. The van der Waals surface area contributed by atoms with Crippen molar-refractivity contribution in [3.63, 3.8) is 0 Å². The zero-order valence-electron chi connectivity index (χ0n) is 13.5. The van der Waals surface area contributed by atoms with Gasteiger partial charge >= 0.3 is 11.9 Å². The summed E-state index contributed by atoms with van der Waals surface area (Å²) in [6.45, 7) is -0.185. The SMILES string of the molecule is COCC(=O)Oc1ccc(-c2ccc(OC(=O)COC)cc2)cc1. The first-order valence-corrected chi connectivity index (χ1v) is 7.22. The van der Waals surface area contributed by atoms with Crippen LogP contribution >= 0.6 is 0 Å². The number of carbonyl (C=O) groups excluding carboxylic acids is 2. The minimum Gasteiger partial charge on any atom is -0.425 e. The van der Waals surface area contributed by atoms with Gasteiger partial charge in [-0.05, 0) is 35.4 Å². The molecule has 0 aliphatic heterocycles. The largest absolute Gasteiger partial charge is 0.425 e. The highest BCUT2D eigenvalue weighted by atomic mass is 16.6. The van der Waals surface area contributed by atoms with Gasteiger partial charge in [0.2, 0.25) is 0 Å². The highest BCUT2D eigenvalue weighted by molar-refractivity contribution is 5.75. The summed E-state index contributed by atoms with van der Waals surface area (Å²) in [6.07, 6.45) is 0. The fourth-order valence-electron chi connectivity index (χ4n) is 1.99. The molecule has 0 heterocycles. The van der Waals surface area contributed by atoms with Gasteiger partial charge in [-0.15, -0.1) is 0 Å². The Hall–Kier alpha value is -2.70. The van der Waals surface area contributed by atoms with E-state index in [1.165, 1.54) is 14.2 Å². The molecule has 0 fully saturated rings. The van der Waals surface area contributed by atoms with E-state index >= 15 is 0 Å². The lowest BCUT2D eigenvalue weighted by Crippen LogP contribution is -2.14. The number of ether oxygens (including phenoxy) is 4. The molecule has 0 saturated heterocycles. The summed E-state index contributed by atoms with van der Waals surface area (Å²) >= 11 is 0. The van der Waals surface area contributed by atoms with Crippen LogP contribution < -0.4 is 9.47 Å². The highest BCUT2D eigenvalue weighted by Crippen LogP contribution is 2.24. The van der Waals surface area contributed by atoms with E-state index < -0.39 is 11.9 Å². The van der Waals surface area contributed by atoms with Crippen LogP contribution in [-0.2, 0) is 19.1 Å². The summed E-state index contributed by atoms with van der Waals surface area (Å²) in [7, 11) is 2.86. The van der Waals surface area contributed by atoms with Crippen molar-refractivity contribution >= 4 is 11.9 Å². The molecule has 2 rings (SSSR count). The molecular formula is C18H18O6. The van der Waals surface area contributed by atoms with Gasteiger partial charge in [0.05, 0.1) is 0 Å². The van der Waals surface area contributed by atoms with Gasteiger partial charge in [-0.1, -0.05) is 24.3 Å². The minimum atomic E-state index is -0.451. The standard InChI is InChI=1S/C18H18O6/c1-21-11-17(19)23-15-7-3-13(4-8-15)14-5-9-16(10-6-14)24-18(20)12-22-2/h3-10H,11-12H2,1-2H3. The molecule has 0 bridgehead atoms. The molecule has 0 saturated carbocycles. The van der Waals surface area contributed by atoms with Crippen LogP contribution in [0.4, 0.5) is 0 Å². The first-order valence-electron chi connectivity index (χ1n) is 7.22. The van der Waals surface area contributed by atoms with Crippen molar-refractivity contribution in [2.75, 3.05) is 27.4 Å². The van der Waals surface area contributed by atoms with Crippen molar-refractivity contribution in [2.24, 2.45) is 0 Å². The van der Waals surface area contributed by atoms with Crippen molar-refractivity contribution in [3.8, 4) is 22.6 Å². The third-order valence-corrected chi connectivity index (χ3v) is 3.03. The molecule has 0 radical (unpaired) electrons. The number of carbonyl (C=O) groups is 2. The normalized spacial score (nSPS) is 10.2. The average molecular weight is 330 g/mol. The van der Waals surface area contributed by atoms with Crippen molar-refractivity contribution in [2.45, 2.75) is 0 Å². The fraction of sp³-hybridized carbons (Fsp3) is 0.222. The summed E-state index contributed by atoms with van der Waals surface area (Å²) in [4.78, 5) is 22.7. The Labute approximate surface area is 139 Å². The lowest BCUT2D eigenvalue weighted by atomic mass is 10.1. The van der Waals surface area contributed by atoms with E-state index in [0.717, 1.165) is 11.1 Å². The molecule has 0 unspecified atom stereocenters. The third kappa shape index (κ3) is 5.19. The number of rotatable bonds is 7. The van der Waals surface area contributed by atoms with Crippen LogP contribution in [0.1, 0.15) is 0 Å². The zero-order valence-corrected chi connectivity index (χ0v) is 13.5. The minimum absolute atomic E-state index is 0.0923. The second-order valence-corrected chi connectivity index (χ2v) is 4.86. The van der Waals surface area contributed by atoms with E-state index in [4.69, 9.17) is 18.9 Å². The van der Waals surface area contributed by atoms with E-state index in [1.807, 2.05) is 24.3 Å². The summed E-state index contributed by atoms with van der Waals surface area (Å²) in [5.74, 6) is -0.00298. The van der Waals surface area contributed by atoms with Crippen LogP contribution in [0.25, 0.3) is 11.1 Å². The van der Waals surface area contributed by atoms with Gasteiger partial charge in [0, 0.05) is 14.2 Å². The highest BCUT2D eigenvalue weighted by Gasteiger charge is 2.06. The molecule has 0 N–H and O–H groups in total. The van der Waals surface area contributed by atoms with Crippen molar-refractivity contribution in [1.29, 1.82) is 0 Å². The van der Waals surface area contributed by atoms with Gasteiger partial charge < -0.3 is 18.9 Å². The second-order valence-electron chi connectivity index (χ2n) is 4.86. The maximum atomic E-state index is 11.3. The Morgan fingerprint density at radius 3 is 1.29 bits per heavy atom. The van der Waals surface area contributed by atoms with Crippen LogP contribution in [0.5, 0.6) is 11.5 Å². The molecule has 0 aliphatic rings. The molecule has 24 heavy (non-hydrogen) atoms. The summed E-state index contributed by atoms with van der Waals surface area (Å²) in [5.41, 5.74) is 1.88. The molecule has 2 aromatic rings. The Morgan fingerprint density at radius 1 is 0.667 bits per heavy atom. The van der Waals surface area contributed by atoms with E-state index in [1.54, 1.807) is 24.3 Å². The Balaban J connectivity index is 2.01. The number of hydrogen-bond acceptors (Lipinski definition) is 6. The smallest absolute Gasteiger partial charge is 0.337 e. The average Bonchev–Trinajstić information content (AvgIpc) is 2.57. The number of methoxy groups -OCH3 is 2. The molecular weight excluding hydrogens is 312 g/mol.